The molecule has 9 saturated carbocycles. The van der Waals surface area contributed by atoms with E-state index in [0.717, 1.165) is 41.4 Å². The first-order valence-electron chi connectivity index (χ1n) is 33.8. The van der Waals surface area contributed by atoms with Crippen LogP contribution in [0.25, 0.3) is 0 Å². The van der Waals surface area contributed by atoms with Crippen LogP contribution in [0.3, 0.4) is 0 Å². The van der Waals surface area contributed by atoms with Crippen molar-refractivity contribution < 1.29 is 0 Å². The lowest BCUT2D eigenvalue weighted by Crippen LogP contribution is -2.49. The van der Waals surface area contributed by atoms with Gasteiger partial charge >= 0.3 is 0 Å². The molecule has 9 aliphatic carbocycles. The van der Waals surface area contributed by atoms with Crippen LogP contribution in [-0.4, -0.2) is 0 Å². The van der Waals surface area contributed by atoms with Crippen LogP contribution in [0.15, 0.2) is 0 Å². The van der Waals surface area contributed by atoms with Crippen LogP contribution in [0.1, 0.15) is 370 Å². The zero-order valence-electron chi connectivity index (χ0n) is 54.8. The Labute approximate surface area is 463 Å². The molecule has 0 N–H and O–H groups in total. The van der Waals surface area contributed by atoms with Gasteiger partial charge in [0.2, 0.25) is 0 Å². The van der Waals surface area contributed by atoms with E-state index in [1.165, 1.54) is 225 Å². The van der Waals surface area contributed by atoms with Crippen molar-refractivity contribution in [1.29, 1.82) is 0 Å². The highest BCUT2D eigenvalue weighted by Gasteiger charge is 2.53. The summed E-state index contributed by atoms with van der Waals surface area (Å²) in [6, 6.07) is 0. The van der Waals surface area contributed by atoms with Crippen molar-refractivity contribution in [2.24, 2.45) is 95.6 Å². The van der Waals surface area contributed by atoms with Crippen molar-refractivity contribution in [3.05, 3.63) is 0 Å². The third-order valence-corrected chi connectivity index (χ3v) is 25.2. The first kappa shape index (κ1) is 65.5. The molecule has 0 heteroatoms. The molecule has 9 fully saturated rings. The fourth-order valence-corrected chi connectivity index (χ4v) is 20.4. The molecule has 6 bridgehead atoms. The lowest BCUT2D eigenvalue weighted by molar-refractivity contribution is -0.0827. The Balaban J connectivity index is 0.000000198. The summed E-state index contributed by atoms with van der Waals surface area (Å²) in [5.41, 5.74) is 6.53. The smallest absolute Gasteiger partial charge is 0.0249 e. The molecule has 0 heterocycles. The minimum Gasteiger partial charge on any atom is -0.0654 e. The lowest BCUT2D eigenvalue weighted by Gasteiger charge is -2.58. The quantitative estimate of drug-likeness (QED) is 0.181. The highest BCUT2D eigenvalue weighted by molar-refractivity contribution is 5.04. The third-order valence-electron chi connectivity index (χ3n) is 25.2. The first-order chi connectivity index (χ1) is 33.8. The molecule has 0 aromatic rings. The maximum absolute atomic E-state index is 2.57. The van der Waals surface area contributed by atoms with Crippen molar-refractivity contribution in [3.63, 3.8) is 0 Å². The normalized spacial score (nSPS) is 41.2. The summed E-state index contributed by atoms with van der Waals surface area (Å²) in [5.74, 6) is 6.30. The monoisotopic (exact) mass is 1020 g/mol. The van der Waals surface area contributed by atoms with Gasteiger partial charge in [-0.2, -0.15) is 0 Å². The van der Waals surface area contributed by atoms with Gasteiger partial charge in [-0.1, -0.05) is 235 Å². The van der Waals surface area contributed by atoms with Gasteiger partial charge in [0.15, 0.2) is 0 Å². The van der Waals surface area contributed by atoms with E-state index in [1.54, 1.807) is 0 Å². The summed E-state index contributed by atoms with van der Waals surface area (Å²) < 4.78 is 0. The zero-order chi connectivity index (χ0) is 54.8. The van der Waals surface area contributed by atoms with E-state index in [4.69, 9.17) is 0 Å². The molecule has 0 radical (unpaired) electrons. The molecule has 4 atom stereocenters. The molecule has 3 unspecified atom stereocenters. The average Bonchev–Trinajstić information content (AvgIpc) is 3.25. The molecule has 0 aromatic carbocycles. The van der Waals surface area contributed by atoms with E-state index in [0.29, 0.717) is 54.1 Å². The van der Waals surface area contributed by atoms with Crippen LogP contribution in [0.2, 0.25) is 0 Å². The molecule has 0 aliphatic heterocycles. The van der Waals surface area contributed by atoms with Gasteiger partial charge in [0, 0.05) is 0 Å². The maximum atomic E-state index is 2.57. The van der Waals surface area contributed by atoms with E-state index in [-0.39, 0.29) is 0 Å². The predicted molar refractivity (Wildman–Crippen MR) is 330 cm³/mol. The molecule has 9 rings (SSSR count). The summed E-state index contributed by atoms with van der Waals surface area (Å²) in [7, 11) is 0. The SMILES string of the molecule is CC(C)C1(C)CC2(C)CCCC(C)(C2)C1.CC(C)C1C2(C)CCCC1(C)CCC2.CC(C)C1CC2(C)CCCC(C)(CCC2)C1.CC(C)CCC1(C)CCCCC1.CCCCCC1(C)CCCC[C@@]1(C)C(C)C. The number of unbranched alkanes of at least 4 members (excludes halogenated alkanes) is 2. The third kappa shape index (κ3) is 18.0. The van der Waals surface area contributed by atoms with E-state index in [1.807, 2.05) is 0 Å². The van der Waals surface area contributed by atoms with Crippen LogP contribution >= 0.6 is 0 Å². The molecule has 432 valence electrons. The van der Waals surface area contributed by atoms with Crippen molar-refractivity contribution in [2.75, 3.05) is 0 Å². The highest BCUT2D eigenvalue weighted by atomic mass is 14.6. The Morgan fingerprint density at radius 1 is 0.384 bits per heavy atom. The molecule has 0 nitrogen and oxygen atoms in total. The van der Waals surface area contributed by atoms with Gasteiger partial charge in [0.25, 0.3) is 0 Å². The van der Waals surface area contributed by atoms with E-state index < -0.39 is 0 Å². The van der Waals surface area contributed by atoms with Gasteiger partial charge in [-0.05, 0) is 230 Å². The Morgan fingerprint density at radius 3 is 1.19 bits per heavy atom. The number of rotatable bonds is 11. The van der Waals surface area contributed by atoms with Crippen molar-refractivity contribution in [3.8, 4) is 0 Å². The van der Waals surface area contributed by atoms with Crippen molar-refractivity contribution in [2.45, 2.75) is 370 Å². The van der Waals surface area contributed by atoms with Crippen LogP contribution in [-0.2, 0) is 0 Å². The summed E-state index contributed by atoms with van der Waals surface area (Å²) in [4.78, 5) is 0. The van der Waals surface area contributed by atoms with Gasteiger partial charge < -0.3 is 0 Å². The summed E-state index contributed by atoms with van der Waals surface area (Å²) in [6.45, 7) is 52.0. The number of fused-ring (bicyclic) bond motifs is 10. The van der Waals surface area contributed by atoms with E-state index in [2.05, 4.69) is 145 Å². The topological polar surface area (TPSA) is 0 Å². The van der Waals surface area contributed by atoms with E-state index >= 15 is 0 Å². The van der Waals surface area contributed by atoms with Gasteiger partial charge in [-0.15, -0.1) is 0 Å². The second-order valence-electron chi connectivity index (χ2n) is 34.4. The van der Waals surface area contributed by atoms with Gasteiger partial charge in [-0.25, -0.2) is 0 Å². The summed E-state index contributed by atoms with van der Waals surface area (Å²) in [5, 5.41) is 0. The second kappa shape index (κ2) is 27.0. The van der Waals surface area contributed by atoms with Crippen LogP contribution in [0.5, 0.6) is 0 Å². The molecule has 0 amide bonds. The number of hydrogen-bond donors (Lipinski definition) is 0. The second-order valence-corrected chi connectivity index (χ2v) is 34.4. The Morgan fingerprint density at radius 2 is 0.808 bits per heavy atom. The summed E-state index contributed by atoms with van der Waals surface area (Å²) in [6.07, 6.45) is 51.5. The average molecular weight is 1020 g/mol. The van der Waals surface area contributed by atoms with Crippen molar-refractivity contribution in [1.82, 2.24) is 0 Å². The molecule has 0 spiro atoms. The van der Waals surface area contributed by atoms with Gasteiger partial charge in [0.05, 0.1) is 0 Å². The fraction of sp³-hybridized carbons (Fsp3) is 1.00. The highest BCUT2D eigenvalue weighted by Crippen LogP contribution is 2.64. The fourth-order valence-electron chi connectivity index (χ4n) is 20.4. The van der Waals surface area contributed by atoms with Crippen LogP contribution < -0.4 is 0 Å². The minimum atomic E-state index is 0.582. The van der Waals surface area contributed by atoms with Crippen molar-refractivity contribution >= 4 is 0 Å². The largest absolute Gasteiger partial charge is 0.0654 e. The standard InChI is InChI=1S/C16H30.C16H32.C15H28.C14H26.C12H24/c1-13(2)14-11-15(3)7-5-9-16(4,12-14)10-6-8-15;1-6-7-8-11-15(4)12-9-10-13-16(15,5)14(2)3;1-12(2)15(5)10-13(3)7-6-8-14(4,9-13)11-15;1-11(2)12-13(3)7-5-9-14(12,4)10-6-8-13;1-11(2)7-10-12(3)8-5-4-6-9-12/h13-14H,5-12H2,1-4H3;14H,6-13H2,1-5H3;12H,6-11H2,1-5H3;11-12H,5-10H2,1-4H3;11H,4-10H2,1-3H3/t;15?,16-;;;/m.0.../s1. The van der Waals surface area contributed by atoms with Gasteiger partial charge in [-0.3, -0.25) is 0 Å². The molecular formula is C73H140. The zero-order valence-corrected chi connectivity index (χ0v) is 54.8. The van der Waals surface area contributed by atoms with E-state index in [9.17, 15) is 0 Å². The van der Waals surface area contributed by atoms with Gasteiger partial charge in [0.1, 0.15) is 0 Å². The first-order valence-corrected chi connectivity index (χ1v) is 33.8. The lowest BCUT2D eigenvalue weighted by atomic mass is 9.47. The van der Waals surface area contributed by atoms with Crippen LogP contribution in [0, 0.1) is 95.6 Å². The Hall–Kier alpha value is 0. The molecule has 73 heavy (non-hydrogen) atoms. The maximum Gasteiger partial charge on any atom is -0.0249 e. The minimum absolute atomic E-state index is 0.582. The molecule has 0 aromatic heterocycles. The Kier molecular flexibility index (Phi) is 24.2. The molecular weight excluding hydrogens is 877 g/mol. The summed E-state index contributed by atoms with van der Waals surface area (Å²) >= 11 is 0. The Bertz CT molecular complexity index is 1490. The number of hydrogen-bond acceptors (Lipinski definition) is 0. The molecule has 9 aliphatic rings. The molecule has 0 saturated heterocycles. The predicted octanol–water partition coefficient (Wildman–Crippen LogP) is 25.3. The van der Waals surface area contributed by atoms with Crippen LogP contribution in [0.4, 0.5) is 0 Å².